The topological polar surface area (TPSA) is 78.6 Å². The Morgan fingerprint density at radius 2 is 1.56 bits per heavy atom. The highest BCUT2D eigenvalue weighted by Gasteiger charge is 2.49. The highest BCUT2D eigenvalue weighted by Crippen LogP contribution is 2.21. The number of hydrogen-bond donors (Lipinski definition) is 1. The van der Waals surface area contributed by atoms with Gasteiger partial charge in [0, 0.05) is 0 Å². The Bertz CT molecular complexity index is 280. The van der Waals surface area contributed by atoms with Gasteiger partial charge in [0.1, 0.15) is 5.60 Å². The van der Waals surface area contributed by atoms with Crippen LogP contribution < -0.4 is 5.73 Å². The normalized spacial score (nSPS) is 15.5. The van der Waals surface area contributed by atoms with Gasteiger partial charge in [-0.3, -0.25) is 0 Å². The summed E-state index contributed by atoms with van der Waals surface area (Å²) in [6.45, 7) is 8.47. The predicted octanol–water partition coefficient (Wildman–Crippen LogP) is 0.855. The summed E-state index contributed by atoms with van der Waals surface area (Å²) in [6, 6.07) is 0. The summed E-state index contributed by atoms with van der Waals surface area (Å²) >= 11 is 0. The fraction of sp³-hybridized carbons (Fsp3) is 0.818. The molecule has 0 aromatic rings. The first kappa shape index (κ1) is 14.9. The molecule has 1 unspecified atom stereocenters. The summed E-state index contributed by atoms with van der Waals surface area (Å²) in [5, 5.41) is 0. The van der Waals surface area contributed by atoms with Crippen LogP contribution in [0.2, 0.25) is 0 Å². The molecule has 0 amide bonds. The Morgan fingerprint density at radius 1 is 1.12 bits per heavy atom. The minimum absolute atomic E-state index is 0.408. The summed E-state index contributed by atoms with van der Waals surface area (Å²) in [7, 11) is 1.19. The maximum Gasteiger partial charge on any atom is 0.338 e. The first-order valence-corrected chi connectivity index (χ1v) is 5.16. The van der Waals surface area contributed by atoms with Crippen LogP contribution in [0, 0.1) is 5.92 Å². The zero-order valence-corrected chi connectivity index (χ0v) is 10.8. The van der Waals surface area contributed by atoms with Gasteiger partial charge in [0.05, 0.1) is 7.11 Å². The average molecular weight is 231 g/mol. The van der Waals surface area contributed by atoms with Gasteiger partial charge in [-0.2, -0.15) is 0 Å². The Morgan fingerprint density at radius 3 is 1.81 bits per heavy atom. The molecule has 0 rings (SSSR count). The first-order chi connectivity index (χ1) is 7.05. The van der Waals surface area contributed by atoms with E-state index in [2.05, 4.69) is 4.74 Å². The van der Waals surface area contributed by atoms with E-state index in [0.717, 1.165) is 0 Å². The molecule has 5 heteroatoms. The SMILES string of the molecule is COC(=O)C(N)(C(=O)OC(C)(C)C)C(C)C. The number of methoxy groups -OCH3 is 1. The third kappa shape index (κ3) is 3.20. The smallest absolute Gasteiger partial charge is 0.338 e. The van der Waals surface area contributed by atoms with Crippen molar-refractivity contribution in [1.29, 1.82) is 0 Å². The number of hydrogen-bond acceptors (Lipinski definition) is 5. The molecule has 0 aliphatic carbocycles. The van der Waals surface area contributed by atoms with E-state index < -0.39 is 29.0 Å². The highest BCUT2D eigenvalue weighted by molar-refractivity contribution is 6.05. The highest BCUT2D eigenvalue weighted by atomic mass is 16.6. The van der Waals surface area contributed by atoms with Crippen molar-refractivity contribution in [2.45, 2.75) is 45.8 Å². The molecule has 0 bridgehead atoms. The van der Waals surface area contributed by atoms with Crippen LogP contribution in [0.25, 0.3) is 0 Å². The molecule has 16 heavy (non-hydrogen) atoms. The summed E-state index contributed by atoms with van der Waals surface area (Å²) in [6.07, 6.45) is 0. The van der Waals surface area contributed by atoms with Crippen molar-refractivity contribution in [2.75, 3.05) is 7.11 Å². The fourth-order valence-corrected chi connectivity index (χ4v) is 1.09. The number of carbonyl (C=O) groups excluding carboxylic acids is 2. The van der Waals surface area contributed by atoms with Gasteiger partial charge in [-0.05, 0) is 26.7 Å². The molecule has 0 spiro atoms. The van der Waals surface area contributed by atoms with Crippen LogP contribution in [-0.2, 0) is 19.1 Å². The maximum atomic E-state index is 11.9. The van der Waals surface area contributed by atoms with Gasteiger partial charge in [-0.15, -0.1) is 0 Å². The van der Waals surface area contributed by atoms with Crippen LogP contribution in [-0.4, -0.2) is 30.2 Å². The minimum Gasteiger partial charge on any atom is -0.467 e. The van der Waals surface area contributed by atoms with Crippen molar-refractivity contribution in [3.8, 4) is 0 Å². The van der Waals surface area contributed by atoms with Gasteiger partial charge < -0.3 is 15.2 Å². The summed E-state index contributed by atoms with van der Waals surface area (Å²) in [5.74, 6) is -1.95. The van der Waals surface area contributed by atoms with Crippen LogP contribution in [0.4, 0.5) is 0 Å². The molecule has 1 atom stereocenters. The molecule has 0 aliphatic rings. The largest absolute Gasteiger partial charge is 0.467 e. The van der Waals surface area contributed by atoms with E-state index >= 15 is 0 Å². The quantitative estimate of drug-likeness (QED) is 0.575. The van der Waals surface area contributed by atoms with E-state index in [-0.39, 0.29) is 0 Å². The van der Waals surface area contributed by atoms with Crippen LogP contribution >= 0.6 is 0 Å². The molecule has 0 saturated heterocycles. The zero-order chi connectivity index (χ0) is 13.1. The zero-order valence-electron chi connectivity index (χ0n) is 10.8. The molecule has 94 valence electrons. The van der Waals surface area contributed by atoms with Gasteiger partial charge in [0.2, 0.25) is 5.54 Å². The van der Waals surface area contributed by atoms with E-state index in [4.69, 9.17) is 10.5 Å². The van der Waals surface area contributed by atoms with Crippen molar-refractivity contribution < 1.29 is 19.1 Å². The summed E-state index contributed by atoms with van der Waals surface area (Å²) in [4.78, 5) is 23.4. The number of carbonyl (C=O) groups is 2. The Kier molecular flexibility index (Phi) is 4.49. The lowest BCUT2D eigenvalue weighted by Gasteiger charge is -2.31. The summed E-state index contributed by atoms with van der Waals surface area (Å²) < 4.78 is 9.67. The van der Waals surface area contributed by atoms with E-state index in [9.17, 15) is 9.59 Å². The fourth-order valence-electron chi connectivity index (χ4n) is 1.09. The Balaban J connectivity index is 5.08. The van der Waals surface area contributed by atoms with Crippen molar-refractivity contribution in [3.05, 3.63) is 0 Å². The minimum atomic E-state index is -1.75. The van der Waals surface area contributed by atoms with Crippen LogP contribution in [0.15, 0.2) is 0 Å². The number of nitrogens with two attached hydrogens (primary N) is 1. The van der Waals surface area contributed by atoms with E-state index in [1.807, 2.05) is 0 Å². The lowest BCUT2D eigenvalue weighted by molar-refractivity contribution is -0.172. The molecule has 0 heterocycles. The van der Waals surface area contributed by atoms with Crippen molar-refractivity contribution in [3.63, 3.8) is 0 Å². The molecule has 0 aromatic carbocycles. The second-order valence-corrected chi connectivity index (χ2v) is 5.02. The molecular formula is C11H21NO4. The Labute approximate surface area is 96.3 Å². The first-order valence-electron chi connectivity index (χ1n) is 5.16. The van der Waals surface area contributed by atoms with Gasteiger partial charge in [0.25, 0.3) is 0 Å². The van der Waals surface area contributed by atoms with E-state index in [1.165, 1.54) is 7.11 Å². The predicted molar refractivity (Wildman–Crippen MR) is 59.6 cm³/mol. The number of ether oxygens (including phenoxy) is 2. The molecule has 0 radical (unpaired) electrons. The Hall–Kier alpha value is -1.10. The second-order valence-electron chi connectivity index (χ2n) is 5.02. The van der Waals surface area contributed by atoms with E-state index in [1.54, 1.807) is 34.6 Å². The second kappa shape index (κ2) is 4.82. The maximum absolute atomic E-state index is 11.9. The van der Waals surface area contributed by atoms with Crippen molar-refractivity contribution in [2.24, 2.45) is 11.7 Å². The molecular weight excluding hydrogens is 210 g/mol. The number of rotatable bonds is 3. The molecule has 0 aliphatic heterocycles. The van der Waals surface area contributed by atoms with Crippen LogP contribution in [0.1, 0.15) is 34.6 Å². The van der Waals surface area contributed by atoms with Crippen molar-refractivity contribution in [1.82, 2.24) is 0 Å². The standard InChI is InChI=1S/C11H21NO4/c1-7(2)11(12,8(13)15-6)9(14)16-10(3,4)5/h7H,12H2,1-6H3. The van der Waals surface area contributed by atoms with E-state index in [0.29, 0.717) is 0 Å². The molecule has 5 nitrogen and oxygen atoms in total. The summed E-state index contributed by atoms with van der Waals surface area (Å²) in [5.41, 5.74) is 3.36. The van der Waals surface area contributed by atoms with Crippen molar-refractivity contribution >= 4 is 11.9 Å². The third-order valence-electron chi connectivity index (χ3n) is 2.17. The van der Waals surface area contributed by atoms with Gasteiger partial charge in [-0.1, -0.05) is 13.8 Å². The van der Waals surface area contributed by atoms with Crippen LogP contribution in [0.3, 0.4) is 0 Å². The lowest BCUT2D eigenvalue weighted by atomic mass is 9.87. The molecule has 0 aromatic heterocycles. The molecule has 2 N–H and O–H groups in total. The molecule has 0 fully saturated rings. The average Bonchev–Trinajstić information content (AvgIpc) is 2.11. The third-order valence-corrected chi connectivity index (χ3v) is 2.17. The van der Waals surface area contributed by atoms with Gasteiger partial charge in [-0.25, -0.2) is 9.59 Å². The van der Waals surface area contributed by atoms with Gasteiger partial charge in [0.15, 0.2) is 0 Å². The number of esters is 2. The monoisotopic (exact) mass is 231 g/mol. The lowest BCUT2D eigenvalue weighted by Crippen LogP contribution is -2.61. The molecule has 0 saturated carbocycles. The van der Waals surface area contributed by atoms with Gasteiger partial charge >= 0.3 is 11.9 Å². The van der Waals surface area contributed by atoms with Crippen LogP contribution in [0.5, 0.6) is 0 Å².